The van der Waals surface area contributed by atoms with Crippen LogP contribution in [0.15, 0.2) is 0 Å². The van der Waals surface area contributed by atoms with Crippen molar-refractivity contribution in [1.82, 2.24) is 4.90 Å². The number of carbonyl (C=O) groups excluding carboxylic acids is 1. The molecular formula is C6H11NO. The lowest BCUT2D eigenvalue weighted by Gasteiger charge is -2.19. The normalized spacial score (nSPS) is 43.9. The second-order valence-corrected chi connectivity index (χ2v) is 1.83. The Labute approximate surface area is 55.1 Å². The lowest BCUT2D eigenvalue weighted by Crippen LogP contribution is -2.29. The van der Waals surface area contributed by atoms with Gasteiger partial charge in [0.05, 0.1) is 0 Å². The van der Waals surface area contributed by atoms with Crippen LogP contribution in [0.25, 0.3) is 0 Å². The monoisotopic (exact) mass is 117 g/mol. The van der Waals surface area contributed by atoms with Gasteiger partial charge in [-0.1, -0.05) is 0 Å². The van der Waals surface area contributed by atoms with Crippen LogP contribution in [0.4, 0.5) is 0 Å². The first-order valence-electron chi connectivity index (χ1n) is 4.54. The number of hydrogen-bond donors (Lipinski definition) is 0. The zero-order chi connectivity index (χ0) is 9.57. The van der Waals surface area contributed by atoms with Crippen LogP contribution in [-0.2, 0) is 4.79 Å². The molecular weight excluding hydrogens is 102 g/mol. The van der Waals surface area contributed by atoms with E-state index in [0.717, 1.165) is 0 Å². The number of likely N-dealkylation sites (tertiary alicyclic amines) is 1. The van der Waals surface area contributed by atoms with Gasteiger partial charge in [-0.3, -0.25) is 4.79 Å². The van der Waals surface area contributed by atoms with Crippen molar-refractivity contribution in [2.24, 2.45) is 0 Å². The van der Waals surface area contributed by atoms with Crippen molar-refractivity contribution >= 4 is 5.78 Å². The van der Waals surface area contributed by atoms with E-state index in [9.17, 15) is 4.79 Å². The fraction of sp³-hybridized carbons (Fsp3) is 0.833. The van der Waals surface area contributed by atoms with Gasteiger partial charge < -0.3 is 4.90 Å². The average Bonchev–Trinajstić information content (AvgIpc) is 1.96. The summed E-state index contributed by atoms with van der Waals surface area (Å²) in [7, 11) is 1.48. The third-order valence-electron chi connectivity index (χ3n) is 1.06. The van der Waals surface area contributed by atoms with E-state index in [1.807, 2.05) is 0 Å². The van der Waals surface area contributed by atoms with E-state index in [1.54, 1.807) is 0 Å². The van der Waals surface area contributed by atoms with Crippen LogP contribution >= 0.6 is 0 Å². The molecule has 0 radical (unpaired) electrons. The summed E-state index contributed by atoms with van der Waals surface area (Å²) in [5.41, 5.74) is 0. The summed E-state index contributed by atoms with van der Waals surface area (Å²) >= 11 is 0. The summed E-state index contributed by atoms with van der Waals surface area (Å²) in [5.74, 6) is -0.648. The molecule has 1 saturated heterocycles. The second kappa shape index (κ2) is 2.27. The molecule has 1 aliphatic rings. The molecule has 46 valence electrons. The summed E-state index contributed by atoms with van der Waals surface area (Å²) in [6, 6.07) is 0. The lowest BCUT2D eigenvalue weighted by molar-refractivity contribution is -0.121. The summed E-state index contributed by atoms with van der Waals surface area (Å²) in [5, 5.41) is 0. The van der Waals surface area contributed by atoms with Gasteiger partial charge in [0, 0.05) is 31.3 Å². The molecule has 0 spiro atoms. The first-order chi connectivity index (χ1) is 5.30. The van der Waals surface area contributed by atoms with E-state index in [2.05, 4.69) is 0 Å². The predicted octanol–water partition coefficient (Wildman–Crippen LogP) is 0.281. The first-order valence-corrected chi connectivity index (χ1v) is 2.54. The molecule has 0 unspecified atom stereocenters. The van der Waals surface area contributed by atoms with E-state index in [-0.39, 0.29) is 13.0 Å². The maximum absolute atomic E-state index is 11.0. The molecule has 2 heteroatoms. The minimum atomic E-state index is -2.37. The van der Waals surface area contributed by atoms with Gasteiger partial charge in [0.2, 0.25) is 0 Å². The number of ketones is 1. The Hall–Kier alpha value is -0.370. The zero-order valence-corrected chi connectivity index (χ0v) is 4.77. The third-order valence-corrected chi connectivity index (χ3v) is 1.06. The predicted molar refractivity (Wildman–Crippen MR) is 31.7 cm³/mol. The molecule has 1 aliphatic heterocycles. The Morgan fingerprint density at radius 3 is 3.25 bits per heavy atom. The van der Waals surface area contributed by atoms with E-state index in [0.29, 0.717) is 0 Å². The molecule has 0 N–H and O–H groups in total. The number of hydrogen-bond acceptors (Lipinski definition) is 2. The van der Waals surface area contributed by atoms with Gasteiger partial charge in [-0.2, -0.15) is 0 Å². The van der Waals surface area contributed by atoms with Crippen LogP contribution in [0.2, 0.25) is 0 Å². The lowest BCUT2D eigenvalue weighted by atomic mass is 10.1. The Bertz CT molecular complexity index is 216. The van der Waals surface area contributed by atoms with Crippen LogP contribution in [-0.4, -0.2) is 30.8 Å². The summed E-state index contributed by atoms with van der Waals surface area (Å²) in [6.07, 6.45) is -2.29. The van der Waals surface area contributed by atoms with Crippen LogP contribution < -0.4 is 0 Å². The van der Waals surface area contributed by atoms with Crippen molar-refractivity contribution in [3.63, 3.8) is 0 Å². The molecule has 0 aromatic rings. The first kappa shape index (κ1) is 2.48. The van der Waals surface area contributed by atoms with Gasteiger partial charge in [-0.05, 0) is 7.05 Å². The SMILES string of the molecule is [2H]C1([2H])C(=O)CCN(C)C1([2H])[2H]. The van der Waals surface area contributed by atoms with Crippen LogP contribution in [0, 0.1) is 0 Å². The topological polar surface area (TPSA) is 20.3 Å². The average molecular weight is 117 g/mol. The highest BCUT2D eigenvalue weighted by Gasteiger charge is 2.10. The van der Waals surface area contributed by atoms with Crippen molar-refractivity contribution < 1.29 is 10.3 Å². The summed E-state index contributed by atoms with van der Waals surface area (Å²) in [6.45, 7) is -1.90. The molecule has 1 heterocycles. The molecule has 1 rings (SSSR count). The largest absolute Gasteiger partial charge is 0.305 e. The molecule has 8 heavy (non-hydrogen) atoms. The number of nitrogens with zero attached hydrogens (tertiary/aromatic N) is 1. The molecule has 0 saturated carbocycles. The number of carbonyl (C=O) groups is 1. The van der Waals surface area contributed by atoms with Gasteiger partial charge in [0.25, 0.3) is 0 Å². The van der Waals surface area contributed by atoms with E-state index in [4.69, 9.17) is 5.48 Å². The van der Waals surface area contributed by atoms with Crippen molar-refractivity contribution in [2.45, 2.75) is 12.8 Å². The van der Waals surface area contributed by atoms with Crippen molar-refractivity contribution in [3.8, 4) is 0 Å². The van der Waals surface area contributed by atoms with Crippen molar-refractivity contribution in [1.29, 1.82) is 0 Å². The Morgan fingerprint density at radius 2 is 2.62 bits per heavy atom. The highest BCUT2D eigenvalue weighted by molar-refractivity contribution is 5.79. The molecule has 0 amide bonds. The van der Waals surface area contributed by atoms with Gasteiger partial charge in [0.15, 0.2) is 0 Å². The number of piperidine rings is 1. The Balaban J connectivity index is 3.00. The van der Waals surface area contributed by atoms with E-state index in [1.165, 1.54) is 11.9 Å². The molecule has 0 aromatic carbocycles. The molecule has 0 aliphatic carbocycles. The summed E-state index contributed by atoms with van der Waals surface area (Å²) < 4.78 is 29.3. The zero-order valence-electron chi connectivity index (χ0n) is 8.77. The van der Waals surface area contributed by atoms with E-state index >= 15 is 0 Å². The van der Waals surface area contributed by atoms with Gasteiger partial charge >= 0.3 is 0 Å². The maximum Gasteiger partial charge on any atom is 0.135 e. The summed E-state index contributed by atoms with van der Waals surface area (Å²) in [4.78, 5) is 12.3. The quantitative estimate of drug-likeness (QED) is 0.454. The number of Topliss-reactive ketones (excluding diaryl/α,β-unsaturated/α-hetero) is 1. The van der Waals surface area contributed by atoms with Crippen molar-refractivity contribution in [2.75, 3.05) is 20.1 Å². The smallest absolute Gasteiger partial charge is 0.135 e. The fourth-order valence-electron chi connectivity index (χ4n) is 0.545. The van der Waals surface area contributed by atoms with Gasteiger partial charge in [-0.15, -0.1) is 0 Å². The second-order valence-electron chi connectivity index (χ2n) is 1.83. The van der Waals surface area contributed by atoms with Crippen LogP contribution in [0.1, 0.15) is 18.3 Å². The van der Waals surface area contributed by atoms with Crippen LogP contribution in [0.5, 0.6) is 0 Å². The standard InChI is InChI=1S/C6H11NO/c1-7-4-2-6(8)3-5-7/h2-5H2,1H3/i2D2,4D2. The maximum atomic E-state index is 11.0. The number of rotatable bonds is 0. The third kappa shape index (κ3) is 1.30. The highest BCUT2D eigenvalue weighted by atomic mass is 16.1. The van der Waals surface area contributed by atoms with Crippen molar-refractivity contribution in [3.05, 3.63) is 0 Å². The Kier molecular flexibility index (Phi) is 0.702. The molecule has 0 atom stereocenters. The molecule has 0 aromatic heterocycles. The van der Waals surface area contributed by atoms with E-state index < -0.39 is 18.7 Å². The minimum Gasteiger partial charge on any atom is -0.305 e. The van der Waals surface area contributed by atoms with Gasteiger partial charge in [0.1, 0.15) is 5.78 Å². The van der Waals surface area contributed by atoms with Crippen LogP contribution in [0.3, 0.4) is 0 Å². The molecule has 1 fully saturated rings. The Morgan fingerprint density at radius 1 is 1.88 bits per heavy atom. The highest BCUT2D eigenvalue weighted by Crippen LogP contribution is 2.01. The molecule has 2 nitrogen and oxygen atoms in total. The van der Waals surface area contributed by atoms with Gasteiger partial charge in [-0.25, -0.2) is 0 Å². The minimum absolute atomic E-state index is 0.0863. The molecule has 0 bridgehead atoms. The fourth-order valence-corrected chi connectivity index (χ4v) is 0.545.